The molecule has 0 spiro atoms. The molecule has 0 aliphatic heterocycles. The first-order valence-electron chi connectivity index (χ1n) is 12.7. The average molecular weight is 572 g/mol. The molecule has 1 aliphatic carbocycles. The van der Waals surface area contributed by atoms with Crippen molar-refractivity contribution in [3.63, 3.8) is 0 Å². The summed E-state index contributed by atoms with van der Waals surface area (Å²) in [5.74, 6) is -2.73. The van der Waals surface area contributed by atoms with Crippen molar-refractivity contribution in [1.82, 2.24) is 15.0 Å². The number of hydrogen-bond acceptors (Lipinski definition) is 6. The molecule has 5 rings (SSSR count). The number of aromatic nitrogens is 3. The van der Waals surface area contributed by atoms with Crippen LogP contribution in [0.3, 0.4) is 0 Å². The summed E-state index contributed by atoms with van der Waals surface area (Å²) in [6.45, 7) is 2.53. The average Bonchev–Trinajstić information content (AvgIpc) is 2.88. The lowest BCUT2D eigenvalue weighted by molar-refractivity contribution is 0.0189. The Morgan fingerprint density at radius 2 is 1.77 bits per heavy atom. The Morgan fingerprint density at radius 1 is 1.03 bits per heavy atom. The standard InChI is InChI=1S/C28H28ClF2N5O2S/c1-17-21(12-13-25(33-17)36-39(37,38)24-11-7-6-10-23(24)29)18-14-19-16-32-27(34-20-8-4-3-5-9-20)35-26(19)22(15-18)28(2,30)31/h6-7,10-16,20H,3-5,8-9H2,1-2H3,(H,33,36)(H,32,34,35). The number of fused-ring (bicyclic) bond motifs is 1. The molecule has 2 aromatic heterocycles. The van der Waals surface area contributed by atoms with Crippen LogP contribution < -0.4 is 10.0 Å². The molecular weight excluding hydrogens is 544 g/mol. The van der Waals surface area contributed by atoms with Crippen molar-refractivity contribution in [2.45, 2.75) is 62.8 Å². The van der Waals surface area contributed by atoms with Gasteiger partial charge in [-0.2, -0.15) is 0 Å². The molecule has 1 fully saturated rings. The number of alkyl halides is 2. The molecule has 0 bridgehead atoms. The van der Waals surface area contributed by atoms with E-state index in [1.165, 1.54) is 30.7 Å². The number of pyridine rings is 1. The van der Waals surface area contributed by atoms with Crippen molar-refractivity contribution < 1.29 is 17.2 Å². The van der Waals surface area contributed by atoms with E-state index in [-0.39, 0.29) is 32.9 Å². The third-order valence-corrected chi connectivity index (χ3v) is 8.71. The Bertz CT molecular complexity index is 1640. The van der Waals surface area contributed by atoms with Crippen molar-refractivity contribution in [1.29, 1.82) is 0 Å². The zero-order chi connectivity index (χ0) is 27.8. The van der Waals surface area contributed by atoms with Gasteiger partial charge in [-0.1, -0.05) is 43.0 Å². The Balaban J connectivity index is 1.48. The van der Waals surface area contributed by atoms with E-state index in [1.54, 1.807) is 37.4 Å². The van der Waals surface area contributed by atoms with Gasteiger partial charge in [-0.25, -0.2) is 32.2 Å². The van der Waals surface area contributed by atoms with E-state index in [4.69, 9.17) is 11.6 Å². The molecule has 39 heavy (non-hydrogen) atoms. The topological polar surface area (TPSA) is 96.9 Å². The summed E-state index contributed by atoms with van der Waals surface area (Å²) in [7, 11) is -3.97. The van der Waals surface area contributed by atoms with Crippen molar-refractivity contribution in [3.05, 3.63) is 71.0 Å². The Morgan fingerprint density at radius 3 is 2.46 bits per heavy atom. The molecule has 2 heterocycles. The molecule has 204 valence electrons. The van der Waals surface area contributed by atoms with E-state index < -0.39 is 15.9 Å². The van der Waals surface area contributed by atoms with Crippen LogP contribution in [0.2, 0.25) is 5.02 Å². The molecule has 2 aromatic carbocycles. The van der Waals surface area contributed by atoms with Crippen LogP contribution in [0.5, 0.6) is 0 Å². The van der Waals surface area contributed by atoms with Crippen LogP contribution in [-0.2, 0) is 15.9 Å². The van der Waals surface area contributed by atoms with Crippen LogP contribution in [-0.4, -0.2) is 29.4 Å². The van der Waals surface area contributed by atoms with Gasteiger partial charge in [0.05, 0.1) is 10.5 Å². The molecule has 7 nitrogen and oxygen atoms in total. The van der Waals surface area contributed by atoms with Gasteiger partial charge in [0.1, 0.15) is 10.7 Å². The second kappa shape index (κ2) is 10.7. The summed E-state index contributed by atoms with van der Waals surface area (Å²) >= 11 is 6.05. The minimum absolute atomic E-state index is 0.0723. The smallest absolute Gasteiger partial charge is 0.272 e. The van der Waals surface area contributed by atoms with Gasteiger partial charge < -0.3 is 5.32 Å². The maximum atomic E-state index is 14.8. The van der Waals surface area contributed by atoms with E-state index in [1.807, 2.05) is 0 Å². The van der Waals surface area contributed by atoms with Crippen LogP contribution >= 0.6 is 11.6 Å². The predicted octanol–water partition coefficient (Wildman–Crippen LogP) is 7.31. The predicted molar refractivity (Wildman–Crippen MR) is 150 cm³/mol. The van der Waals surface area contributed by atoms with Crippen LogP contribution in [0.25, 0.3) is 22.0 Å². The van der Waals surface area contributed by atoms with Crippen LogP contribution in [0.15, 0.2) is 59.6 Å². The number of anilines is 2. The highest BCUT2D eigenvalue weighted by Gasteiger charge is 2.29. The fraction of sp³-hybridized carbons (Fsp3) is 0.321. The highest BCUT2D eigenvalue weighted by molar-refractivity contribution is 7.92. The molecule has 0 saturated heterocycles. The third-order valence-electron chi connectivity index (χ3n) is 6.86. The zero-order valence-corrected chi connectivity index (χ0v) is 23.1. The molecule has 2 N–H and O–H groups in total. The zero-order valence-electron chi connectivity index (χ0n) is 21.5. The van der Waals surface area contributed by atoms with E-state index in [9.17, 15) is 17.2 Å². The van der Waals surface area contributed by atoms with E-state index >= 15 is 0 Å². The first-order valence-corrected chi connectivity index (χ1v) is 14.6. The molecule has 1 saturated carbocycles. The molecule has 0 atom stereocenters. The number of aryl methyl sites for hydroxylation is 1. The summed E-state index contributed by atoms with van der Waals surface area (Å²) < 4.78 is 57.7. The maximum Gasteiger partial charge on any atom is 0.272 e. The second-order valence-corrected chi connectivity index (χ2v) is 11.9. The normalized spacial score (nSPS) is 14.9. The van der Waals surface area contributed by atoms with E-state index in [0.29, 0.717) is 28.2 Å². The number of halogens is 3. The first-order chi connectivity index (χ1) is 18.5. The van der Waals surface area contributed by atoms with Gasteiger partial charge in [0.2, 0.25) is 5.95 Å². The summed E-state index contributed by atoms with van der Waals surface area (Å²) in [5.41, 5.74) is 1.51. The first kappa shape index (κ1) is 27.2. The molecule has 4 aromatic rings. The SMILES string of the molecule is Cc1nc(NS(=O)(=O)c2ccccc2Cl)ccc1-c1cc(C(C)(F)F)c2nc(NC3CCCCC3)ncc2c1. The lowest BCUT2D eigenvalue weighted by atomic mass is 9.95. The molecule has 0 radical (unpaired) electrons. The van der Waals surface area contributed by atoms with Gasteiger partial charge in [0.25, 0.3) is 15.9 Å². The van der Waals surface area contributed by atoms with Gasteiger partial charge in [0, 0.05) is 41.4 Å². The van der Waals surface area contributed by atoms with E-state index in [2.05, 4.69) is 25.0 Å². The Labute approximate surface area is 231 Å². The van der Waals surface area contributed by atoms with Gasteiger partial charge in [-0.15, -0.1) is 0 Å². The lowest BCUT2D eigenvalue weighted by Crippen LogP contribution is -2.23. The molecule has 0 amide bonds. The minimum Gasteiger partial charge on any atom is -0.351 e. The Hall–Kier alpha value is -3.37. The quantitative estimate of drug-likeness (QED) is 0.241. The van der Waals surface area contributed by atoms with Crippen molar-refractivity contribution in [3.8, 4) is 11.1 Å². The summed E-state index contributed by atoms with van der Waals surface area (Å²) in [6, 6.07) is 12.6. The highest BCUT2D eigenvalue weighted by atomic mass is 35.5. The number of rotatable bonds is 7. The number of sulfonamides is 1. The van der Waals surface area contributed by atoms with Crippen LogP contribution in [0, 0.1) is 6.92 Å². The number of hydrogen-bond donors (Lipinski definition) is 2. The van der Waals surface area contributed by atoms with E-state index in [0.717, 1.165) is 32.6 Å². The Kier molecular flexibility index (Phi) is 7.43. The number of nitrogens with zero attached hydrogens (tertiary/aromatic N) is 3. The molecular formula is C28H28ClF2N5O2S. The second-order valence-electron chi connectivity index (χ2n) is 9.89. The van der Waals surface area contributed by atoms with Crippen molar-refractivity contribution >= 4 is 44.3 Å². The maximum absolute atomic E-state index is 14.8. The lowest BCUT2D eigenvalue weighted by Gasteiger charge is -2.23. The van der Waals surface area contributed by atoms with Crippen LogP contribution in [0.1, 0.15) is 50.3 Å². The largest absolute Gasteiger partial charge is 0.351 e. The summed E-state index contributed by atoms with van der Waals surface area (Å²) in [6.07, 6.45) is 7.03. The number of nitrogens with one attached hydrogen (secondary N) is 2. The van der Waals surface area contributed by atoms with Gasteiger partial charge >= 0.3 is 0 Å². The van der Waals surface area contributed by atoms with Crippen molar-refractivity contribution in [2.75, 3.05) is 10.0 Å². The fourth-order valence-electron chi connectivity index (χ4n) is 4.91. The minimum atomic E-state index is -3.97. The molecule has 0 unspecified atom stereocenters. The number of benzene rings is 2. The highest BCUT2D eigenvalue weighted by Crippen LogP contribution is 2.37. The van der Waals surface area contributed by atoms with Crippen molar-refractivity contribution in [2.24, 2.45) is 0 Å². The van der Waals surface area contributed by atoms with Gasteiger partial charge in [0.15, 0.2) is 0 Å². The summed E-state index contributed by atoms with van der Waals surface area (Å²) in [5, 5.41) is 3.86. The van der Waals surface area contributed by atoms with Crippen LogP contribution in [0.4, 0.5) is 20.5 Å². The van der Waals surface area contributed by atoms with Gasteiger partial charge in [-0.05, 0) is 61.7 Å². The molecule has 11 heteroatoms. The molecule has 1 aliphatic rings. The third kappa shape index (κ3) is 5.96. The summed E-state index contributed by atoms with van der Waals surface area (Å²) in [4.78, 5) is 13.2. The monoisotopic (exact) mass is 571 g/mol. The van der Waals surface area contributed by atoms with Gasteiger partial charge in [-0.3, -0.25) is 4.72 Å². The fourth-order valence-corrected chi connectivity index (χ4v) is 6.43.